The van der Waals surface area contributed by atoms with Crippen LogP contribution in [0.3, 0.4) is 0 Å². The first kappa shape index (κ1) is 14.6. The van der Waals surface area contributed by atoms with Gasteiger partial charge < -0.3 is 5.32 Å². The molecule has 2 heterocycles. The van der Waals surface area contributed by atoms with Gasteiger partial charge in [0, 0.05) is 17.8 Å². The van der Waals surface area contributed by atoms with E-state index in [2.05, 4.69) is 15.3 Å². The van der Waals surface area contributed by atoms with Gasteiger partial charge in [0.25, 0.3) is 0 Å². The van der Waals surface area contributed by atoms with Gasteiger partial charge in [0.1, 0.15) is 10.9 Å². The van der Waals surface area contributed by atoms with Gasteiger partial charge in [0.05, 0.1) is 5.69 Å². The molecular formula is C12H13N3O3S2. The van der Waals surface area contributed by atoms with Gasteiger partial charge in [-0.1, -0.05) is 6.07 Å². The van der Waals surface area contributed by atoms with Crippen molar-refractivity contribution >= 4 is 32.2 Å². The molecule has 0 saturated carbocycles. The number of nitrogens with one attached hydrogen (secondary N) is 1. The summed E-state index contributed by atoms with van der Waals surface area (Å²) in [5.74, 6) is -0.588. The fourth-order valence-corrected chi connectivity index (χ4v) is 2.52. The second-order valence-corrected chi connectivity index (χ2v) is 7.44. The molecule has 0 radical (unpaired) electrons. The number of aromatic nitrogens is 2. The Bertz CT molecular complexity index is 711. The standard InChI is InChI=1S/C12H13N3O3S2/c1-8(20(2,17)18)11(16)15-12-14-10(7-19-12)9-5-3-4-6-13-9/h3-8H,1-2H3,(H,14,15,16). The van der Waals surface area contributed by atoms with Gasteiger partial charge >= 0.3 is 0 Å². The average molecular weight is 311 g/mol. The second kappa shape index (κ2) is 5.68. The van der Waals surface area contributed by atoms with Crippen molar-refractivity contribution in [2.75, 3.05) is 11.6 Å². The molecule has 0 aliphatic rings. The number of carbonyl (C=O) groups is 1. The number of hydrogen-bond donors (Lipinski definition) is 1. The first-order valence-electron chi connectivity index (χ1n) is 5.74. The molecule has 2 aromatic rings. The molecule has 2 aromatic heterocycles. The summed E-state index contributed by atoms with van der Waals surface area (Å²) in [7, 11) is -3.42. The van der Waals surface area contributed by atoms with Gasteiger partial charge in [-0.25, -0.2) is 13.4 Å². The monoisotopic (exact) mass is 311 g/mol. The molecule has 1 amide bonds. The maximum atomic E-state index is 11.8. The summed E-state index contributed by atoms with van der Waals surface area (Å²) in [6, 6.07) is 5.44. The quantitative estimate of drug-likeness (QED) is 0.926. The molecule has 0 bridgehead atoms. The van der Waals surface area contributed by atoms with E-state index in [0.717, 1.165) is 6.26 Å². The zero-order valence-electron chi connectivity index (χ0n) is 10.9. The summed E-state index contributed by atoms with van der Waals surface area (Å²) < 4.78 is 22.6. The third-order valence-electron chi connectivity index (χ3n) is 2.67. The van der Waals surface area contributed by atoms with Gasteiger partial charge in [-0.05, 0) is 19.1 Å². The molecule has 1 N–H and O–H groups in total. The van der Waals surface area contributed by atoms with E-state index in [1.807, 2.05) is 6.07 Å². The van der Waals surface area contributed by atoms with Crippen LogP contribution in [0.2, 0.25) is 0 Å². The largest absolute Gasteiger partial charge is 0.301 e. The molecule has 2 rings (SSSR count). The highest BCUT2D eigenvalue weighted by Crippen LogP contribution is 2.23. The van der Waals surface area contributed by atoms with Crippen molar-refractivity contribution in [1.82, 2.24) is 9.97 Å². The van der Waals surface area contributed by atoms with E-state index >= 15 is 0 Å². The van der Waals surface area contributed by atoms with Crippen LogP contribution >= 0.6 is 11.3 Å². The number of amides is 1. The van der Waals surface area contributed by atoms with Gasteiger partial charge in [-0.2, -0.15) is 0 Å². The molecule has 1 unspecified atom stereocenters. The lowest BCUT2D eigenvalue weighted by molar-refractivity contribution is -0.115. The molecule has 8 heteroatoms. The third-order valence-corrected chi connectivity index (χ3v) is 4.93. The Morgan fingerprint density at radius 3 is 2.70 bits per heavy atom. The second-order valence-electron chi connectivity index (χ2n) is 4.21. The molecule has 0 fully saturated rings. The van der Waals surface area contributed by atoms with Crippen LogP contribution in [0.15, 0.2) is 29.8 Å². The van der Waals surface area contributed by atoms with E-state index in [9.17, 15) is 13.2 Å². The minimum atomic E-state index is -3.42. The van der Waals surface area contributed by atoms with Gasteiger partial charge in [-0.15, -0.1) is 11.3 Å². The van der Waals surface area contributed by atoms with Crippen LogP contribution in [0.5, 0.6) is 0 Å². The Labute approximate surface area is 120 Å². The Hall–Kier alpha value is -1.80. The minimum Gasteiger partial charge on any atom is -0.301 e. The topological polar surface area (TPSA) is 89.0 Å². The Morgan fingerprint density at radius 1 is 1.35 bits per heavy atom. The third kappa shape index (κ3) is 3.40. The maximum absolute atomic E-state index is 11.8. The number of rotatable bonds is 4. The fraction of sp³-hybridized carbons (Fsp3) is 0.250. The lowest BCUT2D eigenvalue weighted by Crippen LogP contribution is -2.31. The highest BCUT2D eigenvalue weighted by molar-refractivity contribution is 7.92. The summed E-state index contributed by atoms with van der Waals surface area (Å²) in [4.78, 5) is 20.1. The zero-order chi connectivity index (χ0) is 14.8. The van der Waals surface area contributed by atoms with E-state index in [1.165, 1.54) is 18.3 Å². The zero-order valence-corrected chi connectivity index (χ0v) is 12.5. The minimum absolute atomic E-state index is 0.353. The molecule has 0 aliphatic carbocycles. The normalized spacial score (nSPS) is 12.9. The molecule has 0 spiro atoms. The molecule has 1 atom stereocenters. The number of sulfone groups is 1. The van der Waals surface area contributed by atoms with Crippen LogP contribution < -0.4 is 5.32 Å². The fourth-order valence-electron chi connectivity index (χ4n) is 1.36. The molecule has 0 aliphatic heterocycles. The number of anilines is 1. The van der Waals surface area contributed by atoms with Crippen molar-refractivity contribution in [1.29, 1.82) is 0 Å². The summed E-state index contributed by atoms with van der Waals surface area (Å²) in [5.41, 5.74) is 1.33. The van der Waals surface area contributed by atoms with Crippen molar-refractivity contribution in [2.45, 2.75) is 12.2 Å². The van der Waals surface area contributed by atoms with Gasteiger partial charge in [0.15, 0.2) is 15.0 Å². The summed E-state index contributed by atoms with van der Waals surface area (Å²) >= 11 is 1.22. The van der Waals surface area contributed by atoms with Crippen LogP contribution in [0, 0.1) is 0 Å². The highest BCUT2D eigenvalue weighted by Gasteiger charge is 2.24. The summed E-state index contributed by atoms with van der Waals surface area (Å²) in [6.45, 7) is 1.35. The van der Waals surface area contributed by atoms with Crippen molar-refractivity contribution in [2.24, 2.45) is 0 Å². The average Bonchev–Trinajstić information content (AvgIpc) is 2.86. The van der Waals surface area contributed by atoms with E-state index in [4.69, 9.17) is 0 Å². The first-order valence-corrected chi connectivity index (χ1v) is 8.58. The van der Waals surface area contributed by atoms with Gasteiger partial charge in [0.2, 0.25) is 5.91 Å². The summed E-state index contributed by atoms with van der Waals surface area (Å²) in [5, 5.41) is 3.50. The number of thiazole rings is 1. The number of carbonyl (C=O) groups excluding carboxylic acids is 1. The molecule has 6 nitrogen and oxygen atoms in total. The van der Waals surface area contributed by atoms with Crippen LogP contribution in [-0.2, 0) is 14.6 Å². The predicted molar refractivity (Wildman–Crippen MR) is 78.3 cm³/mol. The predicted octanol–water partition coefficient (Wildman–Crippen LogP) is 1.58. The first-order chi connectivity index (χ1) is 9.38. The lowest BCUT2D eigenvalue weighted by Gasteiger charge is -2.07. The molecule has 0 aromatic carbocycles. The van der Waals surface area contributed by atoms with Crippen molar-refractivity contribution in [3.05, 3.63) is 29.8 Å². The highest BCUT2D eigenvalue weighted by atomic mass is 32.2. The molecule has 0 saturated heterocycles. The van der Waals surface area contributed by atoms with E-state index in [0.29, 0.717) is 16.5 Å². The maximum Gasteiger partial charge on any atom is 0.244 e. The smallest absolute Gasteiger partial charge is 0.244 e. The number of pyridine rings is 1. The van der Waals surface area contributed by atoms with Gasteiger partial charge in [-0.3, -0.25) is 9.78 Å². The van der Waals surface area contributed by atoms with E-state index in [-0.39, 0.29) is 0 Å². The summed E-state index contributed by atoms with van der Waals surface area (Å²) in [6.07, 6.45) is 2.68. The molecule has 106 valence electrons. The van der Waals surface area contributed by atoms with E-state index < -0.39 is 21.0 Å². The Kier molecular flexibility index (Phi) is 4.15. The van der Waals surface area contributed by atoms with E-state index in [1.54, 1.807) is 23.7 Å². The molecule has 20 heavy (non-hydrogen) atoms. The molecular weight excluding hydrogens is 298 g/mol. The van der Waals surface area contributed by atoms with Crippen LogP contribution in [0.25, 0.3) is 11.4 Å². The SMILES string of the molecule is CC(C(=O)Nc1nc(-c2ccccn2)cs1)S(C)(=O)=O. The Morgan fingerprint density at radius 2 is 2.10 bits per heavy atom. The van der Waals surface area contributed by atoms with Crippen LogP contribution in [0.4, 0.5) is 5.13 Å². The Balaban J connectivity index is 2.13. The lowest BCUT2D eigenvalue weighted by atomic mass is 10.3. The van der Waals surface area contributed by atoms with Crippen molar-refractivity contribution in [3.63, 3.8) is 0 Å². The van der Waals surface area contributed by atoms with Crippen molar-refractivity contribution in [3.8, 4) is 11.4 Å². The van der Waals surface area contributed by atoms with Crippen LogP contribution in [0.1, 0.15) is 6.92 Å². The van der Waals surface area contributed by atoms with Crippen LogP contribution in [-0.4, -0.2) is 35.8 Å². The van der Waals surface area contributed by atoms with Crippen molar-refractivity contribution < 1.29 is 13.2 Å². The number of nitrogens with zero attached hydrogens (tertiary/aromatic N) is 2. The number of hydrogen-bond acceptors (Lipinski definition) is 6.